The predicted octanol–water partition coefficient (Wildman–Crippen LogP) is 3.02. The van der Waals surface area contributed by atoms with Crippen LogP contribution < -0.4 is 5.73 Å². The standard InChI is InChI=1S/C21H30N2O5/c1-20(2,3)23(19(26)28-21(4,5)6)13-12-15(16(23)17(22)24)27-18(25)14-10-8-7-9-11-14/h7-11,15-16H,12-13H2,1-6H3,(H-,22,24)/p+1/t15-,16-,23?/m0/s1. The molecule has 7 heteroatoms. The van der Waals surface area contributed by atoms with E-state index in [0.717, 1.165) is 0 Å². The number of carbonyl (C=O) groups excluding carboxylic acids is 3. The summed E-state index contributed by atoms with van der Waals surface area (Å²) in [6.45, 7) is 11.2. The molecule has 1 fully saturated rings. The molecule has 0 spiro atoms. The number of nitrogens with zero attached hydrogens (tertiary/aromatic N) is 1. The van der Waals surface area contributed by atoms with Crippen molar-refractivity contribution in [2.75, 3.05) is 6.54 Å². The Balaban J connectivity index is 2.40. The number of primary amides is 1. The van der Waals surface area contributed by atoms with Gasteiger partial charge in [0.25, 0.3) is 5.91 Å². The number of hydrogen-bond acceptors (Lipinski definition) is 5. The lowest BCUT2D eigenvalue weighted by Gasteiger charge is -2.45. The Bertz CT molecular complexity index is 748. The normalized spacial score (nSPS) is 25.2. The highest BCUT2D eigenvalue weighted by atomic mass is 16.6. The summed E-state index contributed by atoms with van der Waals surface area (Å²) in [7, 11) is 0. The van der Waals surface area contributed by atoms with Gasteiger partial charge in [0.15, 0.2) is 6.10 Å². The smallest absolute Gasteiger partial charge is 0.452 e. The summed E-state index contributed by atoms with van der Waals surface area (Å²) < 4.78 is 11.0. The molecule has 1 aromatic carbocycles. The van der Waals surface area contributed by atoms with E-state index in [0.29, 0.717) is 18.5 Å². The number of quaternary nitrogens is 1. The molecule has 1 aliphatic heterocycles. The van der Waals surface area contributed by atoms with Gasteiger partial charge >= 0.3 is 12.1 Å². The van der Waals surface area contributed by atoms with Gasteiger partial charge in [0.05, 0.1) is 12.1 Å². The largest absolute Gasteiger partial charge is 0.517 e. The molecule has 2 amide bonds. The first-order valence-corrected chi connectivity index (χ1v) is 9.46. The molecule has 1 aliphatic rings. The SMILES string of the molecule is CC(C)(C)OC(=O)[N+]1(C(C)(C)C)CC[C@H](OC(=O)c2ccccc2)[C@H]1C(N)=O. The van der Waals surface area contributed by atoms with Gasteiger partial charge in [-0.05, 0) is 53.7 Å². The van der Waals surface area contributed by atoms with Crippen molar-refractivity contribution in [1.82, 2.24) is 0 Å². The second-order valence-electron chi connectivity index (χ2n) is 9.19. The number of amides is 2. The van der Waals surface area contributed by atoms with Gasteiger partial charge in [0.1, 0.15) is 11.1 Å². The van der Waals surface area contributed by atoms with Crippen molar-refractivity contribution in [1.29, 1.82) is 0 Å². The van der Waals surface area contributed by atoms with E-state index in [1.807, 2.05) is 20.8 Å². The minimum Gasteiger partial charge on any atom is -0.452 e. The second kappa shape index (κ2) is 7.54. The number of rotatable bonds is 3. The van der Waals surface area contributed by atoms with Crippen LogP contribution in [0.1, 0.15) is 58.3 Å². The third-order valence-electron chi connectivity index (χ3n) is 5.07. The molecular formula is C21H31N2O5+. The minimum absolute atomic E-state index is 0.290. The van der Waals surface area contributed by atoms with Crippen LogP contribution in [0.5, 0.6) is 0 Å². The van der Waals surface area contributed by atoms with Gasteiger partial charge in [-0.1, -0.05) is 18.2 Å². The molecule has 28 heavy (non-hydrogen) atoms. The van der Waals surface area contributed by atoms with Crippen LogP contribution in [0.4, 0.5) is 4.79 Å². The van der Waals surface area contributed by atoms with E-state index < -0.39 is 41.3 Å². The first-order valence-electron chi connectivity index (χ1n) is 9.46. The zero-order valence-corrected chi connectivity index (χ0v) is 17.5. The number of hydrogen-bond donors (Lipinski definition) is 1. The molecule has 0 saturated carbocycles. The van der Waals surface area contributed by atoms with E-state index in [9.17, 15) is 14.4 Å². The molecule has 3 atom stereocenters. The van der Waals surface area contributed by atoms with Crippen molar-refractivity contribution in [2.24, 2.45) is 5.73 Å². The molecule has 2 N–H and O–H groups in total. The Kier molecular flexibility index (Phi) is 5.90. The fraction of sp³-hybridized carbons (Fsp3) is 0.571. The number of nitrogens with two attached hydrogens (primary N) is 1. The fourth-order valence-electron chi connectivity index (χ4n) is 3.79. The molecule has 154 valence electrons. The Morgan fingerprint density at radius 2 is 1.61 bits per heavy atom. The number of likely N-dealkylation sites (tertiary alicyclic amines) is 1. The molecule has 0 aliphatic carbocycles. The van der Waals surface area contributed by atoms with Gasteiger partial charge in [0.2, 0.25) is 6.04 Å². The maximum absolute atomic E-state index is 13.2. The summed E-state index contributed by atoms with van der Waals surface area (Å²) in [5.74, 6) is -1.24. The Morgan fingerprint density at radius 1 is 1.04 bits per heavy atom. The van der Waals surface area contributed by atoms with Crippen LogP contribution in [-0.4, -0.2) is 52.3 Å². The Hall–Kier alpha value is -2.41. The van der Waals surface area contributed by atoms with Crippen LogP contribution in [-0.2, 0) is 14.3 Å². The number of ether oxygens (including phenoxy) is 2. The van der Waals surface area contributed by atoms with Gasteiger partial charge in [0, 0.05) is 6.42 Å². The van der Waals surface area contributed by atoms with Crippen LogP contribution in [0.2, 0.25) is 0 Å². The molecule has 0 aromatic heterocycles. The average Bonchev–Trinajstić information content (AvgIpc) is 2.94. The highest BCUT2D eigenvalue weighted by molar-refractivity contribution is 5.90. The van der Waals surface area contributed by atoms with Crippen LogP contribution in [0.15, 0.2) is 30.3 Å². The zero-order valence-electron chi connectivity index (χ0n) is 17.5. The zero-order chi connectivity index (χ0) is 21.3. The van der Waals surface area contributed by atoms with Gasteiger partial charge in [-0.2, -0.15) is 4.79 Å². The van der Waals surface area contributed by atoms with Gasteiger partial charge in [-0.3, -0.25) is 4.79 Å². The van der Waals surface area contributed by atoms with Gasteiger partial charge < -0.3 is 15.2 Å². The lowest BCUT2D eigenvalue weighted by atomic mass is 9.98. The third-order valence-corrected chi connectivity index (χ3v) is 5.07. The van der Waals surface area contributed by atoms with E-state index in [-0.39, 0.29) is 4.48 Å². The molecule has 1 saturated heterocycles. The van der Waals surface area contributed by atoms with Gasteiger partial charge in [-0.25, -0.2) is 9.28 Å². The van der Waals surface area contributed by atoms with Gasteiger partial charge in [-0.15, -0.1) is 0 Å². The highest BCUT2D eigenvalue weighted by Crippen LogP contribution is 2.40. The molecule has 1 unspecified atom stereocenters. The lowest BCUT2D eigenvalue weighted by Crippen LogP contribution is -2.71. The monoisotopic (exact) mass is 391 g/mol. The molecular weight excluding hydrogens is 360 g/mol. The molecule has 1 aromatic rings. The van der Waals surface area contributed by atoms with E-state index >= 15 is 0 Å². The van der Waals surface area contributed by atoms with Crippen LogP contribution >= 0.6 is 0 Å². The highest BCUT2D eigenvalue weighted by Gasteiger charge is 2.65. The Labute approximate surface area is 166 Å². The summed E-state index contributed by atoms with van der Waals surface area (Å²) in [6.07, 6.45) is -1.01. The number of carbonyl (C=O) groups is 3. The molecule has 1 heterocycles. The van der Waals surface area contributed by atoms with Crippen molar-refractivity contribution in [3.05, 3.63) is 35.9 Å². The van der Waals surface area contributed by atoms with Crippen molar-refractivity contribution >= 4 is 18.0 Å². The van der Waals surface area contributed by atoms with E-state index in [1.165, 1.54) is 0 Å². The quantitative estimate of drug-likeness (QED) is 0.631. The lowest BCUT2D eigenvalue weighted by molar-refractivity contribution is -0.908. The second-order valence-corrected chi connectivity index (χ2v) is 9.19. The summed E-state index contributed by atoms with van der Waals surface area (Å²) in [4.78, 5) is 38.2. The predicted molar refractivity (Wildman–Crippen MR) is 104 cm³/mol. The van der Waals surface area contributed by atoms with E-state index in [1.54, 1.807) is 51.1 Å². The fourth-order valence-corrected chi connectivity index (χ4v) is 3.79. The molecule has 0 bridgehead atoms. The van der Waals surface area contributed by atoms with Crippen molar-refractivity contribution < 1.29 is 28.3 Å². The maximum Gasteiger partial charge on any atom is 0.517 e. The molecule has 2 rings (SSSR count). The van der Waals surface area contributed by atoms with E-state index in [2.05, 4.69) is 0 Å². The topological polar surface area (TPSA) is 95.7 Å². The van der Waals surface area contributed by atoms with Crippen molar-refractivity contribution in [3.8, 4) is 0 Å². The summed E-state index contributed by atoms with van der Waals surface area (Å²) in [5.41, 5.74) is 4.69. The van der Waals surface area contributed by atoms with Crippen LogP contribution in [0.25, 0.3) is 0 Å². The van der Waals surface area contributed by atoms with Crippen LogP contribution in [0.3, 0.4) is 0 Å². The van der Waals surface area contributed by atoms with Crippen molar-refractivity contribution in [3.63, 3.8) is 0 Å². The summed E-state index contributed by atoms with van der Waals surface area (Å²) >= 11 is 0. The number of benzene rings is 1. The minimum atomic E-state index is -1.03. The molecule has 7 nitrogen and oxygen atoms in total. The number of esters is 1. The first-order chi connectivity index (χ1) is 12.8. The Morgan fingerprint density at radius 3 is 2.07 bits per heavy atom. The third kappa shape index (κ3) is 4.19. The maximum atomic E-state index is 13.2. The van der Waals surface area contributed by atoms with Crippen molar-refractivity contribution in [2.45, 2.75) is 71.2 Å². The van der Waals surface area contributed by atoms with E-state index in [4.69, 9.17) is 15.2 Å². The molecule has 0 radical (unpaired) electrons. The van der Waals surface area contributed by atoms with Crippen LogP contribution in [0, 0.1) is 0 Å². The summed E-state index contributed by atoms with van der Waals surface area (Å²) in [5, 5.41) is 0. The summed E-state index contributed by atoms with van der Waals surface area (Å²) in [6, 6.07) is 7.50. The average molecular weight is 391 g/mol. The first kappa shape index (κ1) is 21.9.